The number of benzene rings is 5. The molecule has 1 heterocycles. The van der Waals surface area contributed by atoms with Crippen molar-refractivity contribution in [1.29, 1.82) is 5.26 Å². The molecule has 0 bridgehead atoms. The summed E-state index contributed by atoms with van der Waals surface area (Å²) in [4.78, 5) is 0. The van der Waals surface area contributed by atoms with Gasteiger partial charge in [0.15, 0.2) is 17.1 Å². The SMILES string of the molecule is COc1cc2c3c(c4c(c2cc1OC)-c1ccccc1C4(C)CC#N)C=CC(c1ccc(F)cc1)(c1ccc(OCCO)cc1)O3. The van der Waals surface area contributed by atoms with Crippen molar-refractivity contribution in [3.63, 3.8) is 0 Å². The van der Waals surface area contributed by atoms with Crippen molar-refractivity contribution < 1.29 is 28.4 Å². The zero-order chi connectivity index (χ0) is 32.1. The van der Waals surface area contributed by atoms with E-state index < -0.39 is 11.0 Å². The van der Waals surface area contributed by atoms with E-state index in [0.717, 1.165) is 49.7 Å². The third-order valence-electron chi connectivity index (χ3n) is 9.24. The predicted octanol–water partition coefficient (Wildman–Crippen LogP) is 7.92. The summed E-state index contributed by atoms with van der Waals surface area (Å²) in [7, 11) is 3.22. The number of hydrogen-bond acceptors (Lipinski definition) is 6. The number of fused-ring (bicyclic) bond motifs is 8. The maximum absolute atomic E-state index is 14.2. The monoisotopic (exact) mass is 613 g/mol. The number of nitriles is 1. The fourth-order valence-electron chi connectivity index (χ4n) is 7.11. The van der Waals surface area contributed by atoms with Crippen LogP contribution in [-0.4, -0.2) is 32.5 Å². The van der Waals surface area contributed by atoms with Gasteiger partial charge < -0.3 is 24.1 Å². The van der Waals surface area contributed by atoms with Crippen LogP contribution in [0.2, 0.25) is 0 Å². The minimum absolute atomic E-state index is 0.0931. The zero-order valence-corrected chi connectivity index (χ0v) is 25.8. The molecule has 5 aromatic carbocycles. The van der Waals surface area contributed by atoms with Gasteiger partial charge in [-0.15, -0.1) is 0 Å². The largest absolute Gasteiger partial charge is 0.493 e. The van der Waals surface area contributed by atoms with Crippen LogP contribution in [0.1, 0.15) is 41.2 Å². The molecule has 0 radical (unpaired) electrons. The molecular formula is C39H32FNO5. The van der Waals surface area contributed by atoms with Crippen LogP contribution >= 0.6 is 0 Å². The van der Waals surface area contributed by atoms with Crippen molar-refractivity contribution in [3.05, 3.63) is 125 Å². The Balaban J connectivity index is 1.55. The molecule has 2 aliphatic rings. The van der Waals surface area contributed by atoms with Gasteiger partial charge in [-0.25, -0.2) is 4.39 Å². The van der Waals surface area contributed by atoms with Crippen LogP contribution in [0.15, 0.2) is 91.0 Å². The van der Waals surface area contributed by atoms with Crippen LogP contribution in [0, 0.1) is 17.1 Å². The lowest BCUT2D eigenvalue weighted by atomic mass is 9.74. The van der Waals surface area contributed by atoms with Gasteiger partial charge in [-0.1, -0.05) is 61.5 Å². The first-order valence-corrected chi connectivity index (χ1v) is 15.1. The molecule has 0 saturated heterocycles. The molecule has 1 aliphatic carbocycles. The molecule has 1 N–H and O–H groups in total. The Morgan fingerprint density at radius 1 is 0.891 bits per heavy atom. The number of hydrogen-bond donors (Lipinski definition) is 1. The van der Waals surface area contributed by atoms with Crippen LogP contribution in [0.25, 0.3) is 28.0 Å². The highest BCUT2D eigenvalue weighted by Gasteiger charge is 2.46. The summed E-state index contributed by atoms with van der Waals surface area (Å²) in [6.45, 7) is 2.21. The summed E-state index contributed by atoms with van der Waals surface area (Å²) < 4.78 is 38.7. The molecule has 7 heteroatoms. The average molecular weight is 614 g/mol. The van der Waals surface area contributed by atoms with E-state index in [-0.39, 0.29) is 25.5 Å². The summed E-state index contributed by atoms with van der Waals surface area (Å²) in [5.41, 5.74) is 4.87. The number of halogens is 1. The van der Waals surface area contributed by atoms with Gasteiger partial charge >= 0.3 is 0 Å². The molecule has 2 unspecified atom stereocenters. The Bertz CT molecular complexity index is 2050. The number of aliphatic hydroxyl groups is 1. The van der Waals surface area contributed by atoms with Gasteiger partial charge in [0.1, 0.15) is 23.9 Å². The highest BCUT2D eigenvalue weighted by molar-refractivity contribution is 6.09. The fraction of sp³-hybridized carbons (Fsp3) is 0.205. The Kier molecular flexibility index (Phi) is 7.18. The van der Waals surface area contributed by atoms with Crippen LogP contribution in [0.4, 0.5) is 4.39 Å². The first-order chi connectivity index (χ1) is 22.4. The van der Waals surface area contributed by atoms with E-state index in [2.05, 4.69) is 31.2 Å². The number of ether oxygens (including phenoxy) is 4. The van der Waals surface area contributed by atoms with Gasteiger partial charge in [0.05, 0.1) is 26.9 Å². The molecule has 6 nitrogen and oxygen atoms in total. The number of aliphatic hydroxyl groups excluding tert-OH is 1. The lowest BCUT2D eigenvalue weighted by Gasteiger charge is -2.38. The molecule has 0 fully saturated rings. The van der Waals surface area contributed by atoms with Crippen molar-refractivity contribution in [2.45, 2.75) is 24.4 Å². The predicted molar refractivity (Wildman–Crippen MR) is 175 cm³/mol. The van der Waals surface area contributed by atoms with Crippen molar-refractivity contribution in [1.82, 2.24) is 0 Å². The normalized spacial score (nSPS) is 19.0. The molecule has 0 aromatic heterocycles. The Morgan fingerprint density at radius 2 is 1.54 bits per heavy atom. The van der Waals surface area contributed by atoms with Crippen molar-refractivity contribution in [2.75, 3.05) is 27.4 Å². The van der Waals surface area contributed by atoms with Gasteiger partial charge in [-0.05, 0) is 70.1 Å². The van der Waals surface area contributed by atoms with Crippen LogP contribution in [-0.2, 0) is 11.0 Å². The van der Waals surface area contributed by atoms with E-state index >= 15 is 0 Å². The molecule has 2 atom stereocenters. The van der Waals surface area contributed by atoms with Crippen LogP contribution in [0.3, 0.4) is 0 Å². The molecule has 46 heavy (non-hydrogen) atoms. The highest BCUT2D eigenvalue weighted by atomic mass is 19.1. The van der Waals surface area contributed by atoms with E-state index in [0.29, 0.717) is 23.0 Å². The van der Waals surface area contributed by atoms with Gasteiger partial charge in [0.2, 0.25) is 0 Å². The Labute approximate surface area is 266 Å². The summed E-state index contributed by atoms with van der Waals surface area (Å²) in [6.07, 6.45) is 4.36. The molecule has 0 amide bonds. The quantitative estimate of drug-likeness (QED) is 0.192. The second-order valence-corrected chi connectivity index (χ2v) is 11.7. The lowest BCUT2D eigenvalue weighted by Crippen LogP contribution is -2.35. The standard InChI is InChI=1S/C39H32FNO5/c1-38(18-19-41)32-7-5-4-6-28(32)35-30-22-33(43-2)34(44-3)23-31(30)37-29(36(35)38)16-17-39(46-37,24-8-12-26(40)13-9-24)25-10-14-27(15-11-25)45-21-20-42/h4-17,22-23,42H,18,20-21H2,1-3H3. The molecule has 0 saturated carbocycles. The van der Waals surface area contributed by atoms with Crippen molar-refractivity contribution in [3.8, 4) is 40.2 Å². The first-order valence-electron chi connectivity index (χ1n) is 15.1. The minimum atomic E-state index is -1.14. The van der Waals surface area contributed by atoms with Crippen molar-refractivity contribution >= 4 is 16.8 Å². The summed E-state index contributed by atoms with van der Waals surface area (Å²) >= 11 is 0. The van der Waals surface area contributed by atoms with Crippen LogP contribution in [0.5, 0.6) is 23.0 Å². The van der Waals surface area contributed by atoms with Crippen molar-refractivity contribution in [2.24, 2.45) is 0 Å². The number of methoxy groups -OCH3 is 2. The van der Waals surface area contributed by atoms with E-state index in [1.807, 2.05) is 54.6 Å². The fourth-order valence-corrected chi connectivity index (χ4v) is 7.11. The van der Waals surface area contributed by atoms with Gasteiger partial charge in [-0.2, -0.15) is 5.26 Å². The number of rotatable bonds is 8. The maximum Gasteiger partial charge on any atom is 0.178 e. The molecule has 1 aliphatic heterocycles. The van der Waals surface area contributed by atoms with Gasteiger partial charge in [0.25, 0.3) is 0 Å². The number of nitrogens with zero attached hydrogens (tertiary/aromatic N) is 1. The molecule has 5 aromatic rings. The summed E-state index contributed by atoms with van der Waals surface area (Å²) in [6, 6.07) is 28.4. The molecule has 230 valence electrons. The van der Waals surface area contributed by atoms with Crippen LogP contribution < -0.4 is 18.9 Å². The first kappa shape index (κ1) is 29.4. The molecular weight excluding hydrogens is 581 g/mol. The Morgan fingerprint density at radius 3 is 2.20 bits per heavy atom. The Hall–Kier alpha value is -5.32. The molecule has 0 spiro atoms. The smallest absolute Gasteiger partial charge is 0.178 e. The lowest BCUT2D eigenvalue weighted by molar-refractivity contribution is 0.163. The zero-order valence-electron chi connectivity index (χ0n) is 25.8. The van der Waals surface area contributed by atoms with E-state index in [4.69, 9.17) is 18.9 Å². The topological polar surface area (TPSA) is 80.9 Å². The van der Waals surface area contributed by atoms with E-state index in [9.17, 15) is 14.8 Å². The summed E-state index contributed by atoms with van der Waals surface area (Å²) in [5, 5.41) is 21.1. The van der Waals surface area contributed by atoms with Gasteiger partial charge in [0, 0.05) is 33.9 Å². The minimum Gasteiger partial charge on any atom is -0.493 e. The third-order valence-corrected chi connectivity index (χ3v) is 9.24. The highest BCUT2D eigenvalue weighted by Crippen LogP contribution is 2.60. The second-order valence-electron chi connectivity index (χ2n) is 11.7. The average Bonchev–Trinajstić information content (AvgIpc) is 3.35. The van der Waals surface area contributed by atoms with E-state index in [1.165, 1.54) is 12.1 Å². The maximum atomic E-state index is 14.2. The van der Waals surface area contributed by atoms with E-state index in [1.54, 1.807) is 26.4 Å². The summed E-state index contributed by atoms with van der Waals surface area (Å²) in [5.74, 6) is 2.02. The van der Waals surface area contributed by atoms with Gasteiger partial charge in [-0.3, -0.25) is 0 Å². The third kappa shape index (κ3) is 4.33. The second kappa shape index (κ2) is 11.2. The molecule has 7 rings (SSSR count).